The Morgan fingerprint density at radius 3 is 1.29 bits per heavy atom. The lowest BCUT2D eigenvalue weighted by molar-refractivity contribution is 0.0846. The highest BCUT2D eigenvalue weighted by atomic mass is 16.2. The van der Waals surface area contributed by atoms with Crippen molar-refractivity contribution < 1.29 is 9.59 Å². The third-order valence-corrected chi connectivity index (χ3v) is 4.86. The molecule has 0 aromatic heterocycles. The maximum absolute atomic E-state index is 12.2. The average molecular weight is 381 g/mol. The topological polar surface area (TPSA) is 58.2 Å². The Balaban J connectivity index is 1.80. The third-order valence-electron chi connectivity index (χ3n) is 4.86. The van der Waals surface area contributed by atoms with E-state index < -0.39 is 0 Å². The minimum atomic E-state index is -0.315. The maximum Gasteiger partial charge on any atom is 0.269 e. The Morgan fingerprint density at radius 2 is 0.964 bits per heavy atom. The highest BCUT2D eigenvalue weighted by molar-refractivity contribution is 5.99. The normalized spacial score (nSPS) is 10.5. The molecule has 4 nitrogen and oxygen atoms in total. The molecular weight excluding hydrogens is 348 g/mol. The molecule has 2 rings (SSSR count). The molecule has 2 aromatic rings. The van der Waals surface area contributed by atoms with Crippen LogP contribution in [0.2, 0.25) is 0 Å². The Morgan fingerprint density at radius 1 is 0.607 bits per heavy atom. The van der Waals surface area contributed by atoms with Gasteiger partial charge >= 0.3 is 0 Å². The summed E-state index contributed by atoms with van der Waals surface area (Å²) in [4.78, 5) is 24.5. The van der Waals surface area contributed by atoms with Crippen molar-refractivity contribution in [2.45, 2.75) is 65.2 Å². The summed E-state index contributed by atoms with van der Waals surface area (Å²) in [5, 5.41) is 0. The highest BCUT2D eigenvalue weighted by Crippen LogP contribution is 2.10. The fourth-order valence-corrected chi connectivity index (χ4v) is 3.06. The number of aryl methyl sites for hydroxylation is 2. The van der Waals surface area contributed by atoms with Crippen molar-refractivity contribution in [2.75, 3.05) is 0 Å². The maximum atomic E-state index is 12.2. The first-order chi connectivity index (χ1) is 13.6. The van der Waals surface area contributed by atoms with Crippen LogP contribution >= 0.6 is 0 Å². The molecule has 0 aliphatic heterocycles. The van der Waals surface area contributed by atoms with Crippen molar-refractivity contribution in [1.29, 1.82) is 0 Å². The Hall–Kier alpha value is -2.62. The van der Waals surface area contributed by atoms with Gasteiger partial charge in [0.15, 0.2) is 0 Å². The predicted octanol–water partition coefficient (Wildman–Crippen LogP) is 5.23. The smallest absolute Gasteiger partial charge is 0.267 e. The second-order valence-corrected chi connectivity index (χ2v) is 7.22. The van der Waals surface area contributed by atoms with Crippen LogP contribution in [0.25, 0.3) is 0 Å². The minimum Gasteiger partial charge on any atom is -0.267 e. The number of unbranched alkanes of at least 4 members (excludes halogenated alkanes) is 4. The largest absolute Gasteiger partial charge is 0.269 e. The monoisotopic (exact) mass is 380 g/mol. The van der Waals surface area contributed by atoms with Crippen LogP contribution in [0.5, 0.6) is 0 Å². The van der Waals surface area contributed by atoms with Crippen molar-refractivity contribution in [3.63, 3.8) is 0 Å². The fourth-order valence-electron chi connectivity index (χ4n) is 3.06. The van der Waals surface area contributed by atoms with E-state index in [1.54, 1.807) is 24.3 Å². The summed E-state index contributed by atoms with van der Waals surface area (Å²) in [6.45, 7) is 4.37. The first-order valence-corrected chi connectivity index (χ1v) is 10.4. The van der Waals surface area contributed by atoms with Crippen LogP contribution in [-0.2, 0) is 12.8 Å². The fraction of sp³-hybridized carbons (Fsp3) is 0.417. The molecule has 2 aromatic carbocycles. The molecule has 0 fully saturated rings. The Kier molecular flexibility index (Phi) is 9.26. The van der Waals surface area contributed by atoms with Gasteiger partial charge in [-0.3, -0.25) is 20.4 Å². The number of amides is 2. The van der Waals surface area contributed by atoms with E-state index in [0.717, 1.165) is 25.7 Å². The van der Waals surface area contributed by atoms with Crippen molar-refractivity contribution in [2.24, 2.45) is 0 Å². The molecule has 0 radical (unpaired) electrons. The molecule has 2 N–H and O–H groups in total. The number of rotatable bonds is 10. The Bertz CT molecular complexity index is 671. The van der Waals surface area contributed by atoms with Gasteiger partial charge in [-0.1, -0.05) is 63.8 Å². The van der Waals surface area contributed by atoms with E-state index in [-0.39, 0.29) is 11.8 Å². The SMILES string of the molecule is CCCCCc1ccc(C(=O)NNC(=O)c2ccc(CCCCC)cc2)cc1. The zero-order chi connectivity index (χ0) is 20.2. The van der Waals surface area contributed by atoms with Gasteiger partial charge in [0.2, 0.25) is 0 Å². The van der Waals surface area contributed by atoms with Crippen LogP contribution in [-0.4, -0.2) is 11.8 Å². The van der Waals surface area contributed by atoms with Gasteiger partial charge in [0.1, 0.15) is 0 Å². The second kappa shape index (κ2) is 12.0. The first kappa shape index (κ1) is 21.7. The number of hydrogen-bond acceptors (Lipinski definition) is 2. The lowest BCUT2D eigenvalue weighted by atomic mass is 10.1. The molecular formula is C24H32N2O2. The number of nitrogens with one attached hydrogen (secondary N) is 2. The van der Waals surface area contributed by atoms with Gasteiger partial charge in [0.25, 0.3) is 11.8 Å². The lowest BCUT2D eigenvalue weighted by Gasteiger charge is -2.09. The average Bonchev–Trinajstić information content (AvgIpc) is 2.73. The molecule has 0 aliphatic rings. The summed E-state index contributed by atoms with van der Waals surface area (Å²) in [7, 11) is 0. The summed E-state index contributed by atoms with van der Waals surface area (Å²) < 4.78 is 0. The van der Waals surface area contributed by atoms with Crippen LogP contribution in [0.1, 0.15) is 84.2 Å². The highest BCUT2D eigenvalue weighted by Gasteiger charge is 2.09. The van der Waals surface area contributed by atoms with Gasteiger partial charge in [-0.05, 0) is 61.1 Å². The van der Waals surface area contributed by atoms with E-state index in [1.807, 2.05) is 24.3 Å². The summed E-state index contributed by atoms with van der Waals surface area (Å²) in [5.41, 5.74) is 8.50. The molecule has 4 heteroatoms. The number of benzene rings is 2. The lowest BCUT2D eigenvalue weighted by Crippen LogP contribution is -2.41. The molecule has 0 saturated heterocycles. The minimum absolute atomic E-state index is 0.315. The van der Waals surface area contributed by atoms with Crippen LogP contribution in [0.3, 0.4) is 0 Å². The van der Waals surface area contributed by atoms with Crippen LogP contribution in [0.15, 0.2) is 48.5 Å². The van der Waals surface area contributed by atoms with Gasteiger partial charge in [-0.15, -0.1) is 0 Å². The van der Waals surface area contributed by atoms with Gasteiger partial charge < -0.3 is 0 Å². The Labute approximate surface area is 168 Å². The molecule has 150 valence electrons. The van der Waals surface area contributed by atoms with Gasteiger partial charge in [0, 0.05) is 11.1 Å². The van der Waals surface area contributed by atoms with E-state index in [2.05, 4.69) is 24.7 Å². The summed E-state index contributed by atoms with van der Waals surface area (Å²) in [6.07, 6.45) is 9.21. The summed E-state index contributed by atoms with van der Waals surface area (Å²) in [5.74, 6) is -0.630. The predicted molar refractivity (Wildman–Crippen MR) is 114 cm³/mol. The van der Waals surface area contributed by atoms with E-state index >= 15 is 0 Å². The molecule has 0 heterocycles. The molecule has 0 unspecified atom stereocenters. The van der Waals surface area contributed by atoms with E-state index in [4.69, 9.17) is 0 Å². The van der Waals surface area contributed by atoms with E-state index in [9.17, 15) is 9.59 Å². The number of carbonyl (C=O) groups excluding carboxylic acids is 2. The van der Waals surface area contributed by atoms with Gasteiger partial charge in [0.05, 0.1) is 0 Å². The molecule has 2 amide bonds. The zero-order valence-corrected chi connectivity index (χ0v) is 17.1. The molecule has 0 bridgehead atoms. The summed E-state index contributed by atoms with van der Waals surface area (Å²) in [6, 6.07) is 15.1. The molecule has 0 atom stereocenters. The summed E-state index contributed by atoms with van der Waals surface area (Å²) >= 11 is 0. The van der Waals surface area contributed by atoms with Gasteiger partial charge in [-0.2, -0.15) is 0 Å². The molecule has 28 heavy (non-hydrogen) atoms. The number of carbonyl (C=O) groups is 2. The molecule has 0 saturated carbocycles. The third kappa shape index (κ3) is 7.18. The van der Waals surface area contributed by atoms with Gasteiger partial charge in [-0.25, -0.2) is 0 Å². The first-order valence-electron chi connectivity index (χ1n) is 10.4. The standard InChI is InChI=1S/C24H32N2O2/c1-3-5-7-9-19-11-15-21(16-12-19)23(27)25-26-24(28)22-17-13-20(14-18-22)10-8-6-4-2/h11-18H,3-10H2,1-2H3,(H,25,27)(H,26,28). The van der Waals surface area contributed by atoms with Crippen molar-refractivity contribution >= 4 is 11.8 Å². The van der Waals surface area contributed by atoms with Crippen LogP contribution in [0, 0.1) is 0 Å². The second-order valence-electron chi connectivity index (χ2n) is 7.22. The van der Waals surface area contributed by atoms with Crippen LogP contribution in [0.4, 0.5) is 0 Å². The zero-order valence-electron chi connectivity index (χ0n) is 17.1. The van der Waals surface area contributed by atoms with E-state index in [0.29, 0.717) is 11.1 Å². The van der Waals surface area contributed by atoms with Crippen molar-refractivity contribution in [3.8, 4) is 0 Å². The van der Waals surface area contributed by atoms with E-state index in [1.165, 1.54) is 36.8 Å². The van der Waals surface area contributed by atoms with Crippen molar-refractivity contribution in [3.05, 3.63) is 70.8 Å². The van der Waals surface area contributed by atoms with Crippen molar-refractivity contribution in [1.82, 2.24) is 10.9 Å². The number of hydrogen-bond donors (Lipinski definition) is 2. The quantitative estimate of drug-likeness (QED) is 0.438. The van der Waals surface area contributed by atoms with Crippen LogP contribution < -0.4 is 10.9 Å². The molecule has 0 spiro atoms. The molecule has 0 aliphatic carbocycles. The number of hydrazine groups is 1.